The van der Waals surface area contributed by atoms with Crippen LogP contribution in [0.25, 0.3) is 0 Å². The second-order valence-corrected chi connectivity index (χ2v) is 3.77. The van der Waals surface area contributed by atoms with Crippen LogP contribution < -0.4 is 5.32 Å². The average Bonchev–Trinajstić information content (AvgIpc) is 2.27. The van der Waals surface area contributed by atoms with Gasteiger partial charge in [-0.1, -0.05) is 23.4 Å². The highest BCUT2D eigenvalue weighted by Crippen LogP contribution is 2.18. The molecule has 16 heavy (non-hydrogen) atoms. The van der Waals surface area contributed by atoms with Crippen molar-refractivity contribution in [3.05, 3.63) is 29.3 Å². The number of hydrogen-bond acceptors (Lipinski definition) is 4. The van der Waals surface area contributed by atoms with Gasteiger partial charge in [0.1, 0.15) is 6.73 Å². The first-order valence-electron chi connectivity index (χ1n) is 5.20. The zero-order valence-corrected chi connectivity index (χ0v) is 9.95. The monoisotopic (exact) mass is 222 g/mol. The minimum Gasteiger partial charge on any atom is -0.411 e. The highest BCUT2D eigenvalue weighted by Gasteiger charge is 2.00. The summed E-state index contributed by atoms with van der Waals surface area (Å²) in [7, 11) is 0. The number of aryl methyl sites for hydroxylation is 2. The SMILES string of the molecule is CC(COCNc1c(C)cccc1C)=NO. The van der Waals surface area contributed by atoms with Gasteiger partial charge in [0.15, 0.2) is 0 Å². The van der Waals surface area contributed by atoms with Gasteiger partial charge in [-0.3, -0.25) is 0 Å². The summed E-state index contributed by atoms with van der Waals surface area (Å²) in [5.41, 5.74) is 4.04. The van der Waals surface area contributed by atoms with E-state index in [0.29, 0.717) is 19.0 Å². The Morgan fingerprint density at radius 1 is 1.38 bits per heavy atom. The molecule has 0 aliphatic heterocycles. The minimum atomic E-state index is 0.328. The third kappa shape index (κ3) is 3.55. The molecule has 0 aliphatic rings. The Bertz CT molecular complexity index is 355. The number of oxime groups is 1. The van der Waals surface area contributed by atoms with Gasteiger partial charge in [0, 0.05) is 5.69 Å². The summed E-state index contributed by atoms with van der Waals surface area (Å²) in [6, 6.07) is 6.13. The lowest BCUT2D eigenvalue weighted by Crippen LogP contribution is -2.12. The molecule has 0 aromatic heterocycles. The molecular weight excluding hydrogens is 204 g/mol. The fourth-order valence-corrected chi connectivity index (χ4v) is 1.44. The van der Waals surface area contributed by atoms with Gasteiger partial charge >= 0.3 is 0 Å². The Labute approximate surface area is 95.9 Å². The molecule has 0 unspecified atom stereocenters. The van der Waals surface area contributed by atoms with Crippen LogP contribution in [0.1, 0.15) is 18.1 Å². The fourth-order valence-electron chi connectivity index (χ4n) is 1.44. The Hall–Kier alpha value is -1.55. The molecule has 1 aromatic rings. The quantitative estimate of drug-likeness (QED) is 0.265. The van der Waals surface area contributed by atoms with E-state index < -0.39 is 0 Å². The number of nitrogens with zero attached hydrogens (tertiary/aromatic N) is 1. The molecule has 0 heterocycles. The van der Waals surface area contributed by atoms with Crippen LogP contribution in [0.2, 0.25) is 0 Å². The first-order valence-corrected chi connectivity index (χ1v) is 5.20. The predicted molar refractivity (Wildman–Crippen MR) is 65.3 cm³/mol. The topological polar surface area (TPSA) is 53.8 Å². The second-order valence-electron chi connectivity index (χ2n) is 3.77. The van der Waals surface area contributed by atoms with Gasteiger partial charge in [-0.2, -0.15) is 0 Å². The van der Waals surface area contributed by atoms with Crippen LogP contribution in [0.3, 0.4) is 0 Å². The Morgan fingerprint density at radius 2 is 2.00 bits per heavy atom. The Kier molecular flexibility index (Phi) is 4.79. The molecule has 0 fully saturated rings. The lowest BCUT2D eigenvalue weighted by atomic mass is 10.1. The van der Waals surface area contributed by atoms with Crippen molar-refractivity contribution in [2.75, 3.05) is 18.7 Å². The van der Waals surface area contributed by atoms with Gasteiger partial charge < -0.3 is 15.3 Å². The summed E-state index contributed by atoms with van der Waals surface area (Å²) >= 11 is 0. The average molecular weight is 222 g/mol. The van der Waals surface area contributed by atoms with Crippen LogP contribution in [0.4, 0.5) is 5.69 Å². The van der Waals surface area contributed by atoms with Gasteiger partial charge in [-0.25, -0.2) is 0 Å². The van der Waals surface area contributed by atoms with E-state index in [1.54, 1.807) is 6.92 Å². The maximum absolute atomic E-state index is 8.43. The number of hydrogen-bond donors (Lipinski definition) is 2. The van der Waals surface area contributed by atoms with E-state index in [4.69, 9.17) is 9.94 Å². The standard InChI is InChI=1S/C12H18N2O2/c1-9-5-4-6-10(2)12(9)13-8-16-7-11(3)14-15/h4-6,13,15H,7-8H2,1-3H3. The number of rotatable bonds is 5. The van der Waals surface area contributed by atoms with Crippen molar-refractivity contribution in [3.63, 3.8) is 0 Å². The van der Waals surface area contributed by atoms with Crippen LogP contribution in [0, 0.1) is 13.8 Å². The summed E-state index contributed by atoms with van der Waals surface area (Å²) in [4.78, 5) is 0. The summed E-state index contributed by atoms with van der Waals surface area (Å²) in [5, 5.41) is 14.7. The van der Waals surface area contributed by atoms with E-state index >= 15 is 0 Å². The van der Waals surface area contributed by atoms with Gasteiger partial charge in [0.05, 0.1) is 12.3 Å². The van der Waals surface area contributed by atoms with Crippen LogP contribution in [0.5, 0.6) is 0 Å². The normalized spacial score (nSPS) is 11.6. The fraction of sp³-hybridized carbons (Fsp3) is 0.417. The van der Waals surface area contributed by atoms with Crippen molar-refractivity contribution < 1.29 is 9.94 Å². The summed E-state index contributed by atoms with van der Waals surface area (Å²) in [6.07, 6.45) is 0. The van der Waals surface area contributed by atoms with Crippen molar-refractivity contribution in [1.29, 1.82) is 0 Å². The smallest absolute Gasteiger partial charge is 0.117 e. The van der Waals surface area contributed by atoms with Crippen LogP contribution >= 0.6 is 0 Å². The Balaban J connectivity index is 2.43. The molecule has 0 spiro atoms. The number of benzene rings is 1. The highest BCUT2D eigenvalue weighted by atomic mass is 16.5. The molecule has 0 amide bonds. The molecule has 2 N–H and O–H groups in total. The minimum absolute atomic E-state index is 0.328. The maximum atomic E-state index is 8.43. The van der Waals surface area contributed by atoms with Crippen molar-refractivity contribution in [2.24, 2.45) is 5.16 Å². The molecule has 0 atom stereocenters. The third-order valence-corrected chi connectivity index (χ3v) is 2.31. The van der Waals surface area contributed by atoms with Crippen molar-refractivity contribution >= 4 is 11.4 Å². The molecule has 1 rings (SSSR count). The Morgan fingerprint density at radius 3 is 2.56 bits per heavy atom. The largest absolute Gasteiger partial charge is 0.411 e. The molecule has 0 saturated carbocycles. The molecule has 0 aliphatic carbocycles. The van der Waals surface area contributed by atoms with Crippen molar-refractivity contribution in [2.45, 2.75) is 20.8 Å². The summed E-state index contributed by atoms with van der Waals surface area (Å²) < 4.78 is 5.30. The summed E-state index contributed by atoms with van der Waals surface area (Å²) in [6.45, 7) is 6.54. The number of ether oxygens (including phenoxy) is 1. The molecule has 0 bridgehead atoms. The third-order valence-electron chi connectivity index (χ3n) is 2.31. The molecule has 0 saturated heterocycles. The lowest BCUT2D eigenvalue weighted by molar-refractivity contribution is 0.188. The number of para-hydroxylation sites is 1. The van der Waals surface area contributed by atoms with E-state index in [-0.39, 0.29) is 0 Å². The van der Waals surface area contributed by atoms with Gasteiger partial charge in [0.25, 0.3) is 0 Å². The first-order chi connectivity index (χ1) is 7.65. The number of anilines is 1. The number of nitrogens with one attached hydrogen (secondary N) is 1. The van der Waals surface area contributed by atoms with Crippen molar-refractivity contribution in [1.82, 2.24) is 0 Å². The molecule has 4 heteroatoms. The van der Waals surface area contributed by atoms with E-state index in [1.807, 2.05) is 6.07 Å². The van der Waals surface area contributed by atoms with Gasteiger partial charge in [-0.05, 0) is 31.9 Å². The first kappa shape index (κ1) is 12.5. The molecule has 0 radical (unpaired) electrons. The van der Waals surface area contributed by atoms with Crippen LogP contribution in [-0.2, 0) is 4.74 Å². The second kappa shape index (κ2) is 6.12. The lowest BCUT2D eigenvalue weighted by Gasteiger charge is -2.12. The highest BCUT2D eigenvalue weighted by molar-refractivity contribution is 5.82. The van der Waals surface area contributed by atoms with Gasteiger partial charge in [-0.15, -0.1) is 0 Å². The molecule has 4 nitrogen and oxygen atoms in total. The summed E-state index contributed by atoms with van der Waals surface area (Å²) in [5.74, 6) is 0. The van der Waals surface area contributed by atoms with E-state index in [9.17, 15) is 0 Å². The molecule has 1 aromatic carbocycles. The molecular formula is C12H18N2O2. The van der Waals surface area contributed by atoms with Crippen LogP contribution in [-0.4, -0.2) is 24.3 Å². The van der Waals surface area contributed by atoms with Crippen LogP contribution in [0.15, 0.2) is 23.4 Å². The zero-order chi connectivity index (χ0) is 12.0. The van der Waals surface area contributed by atoms with E-state index in [1.165, 1.54) is 11.1 Å². The van der Waals surface area contributed by atoms with Gasteiger partial charge in [0.2, 0.25) is 0 Å². The zero-order valence-electron chi connectivity index (χ0n) is 9.95. The van der Waals surface area contributed by atoms with E-state index in [2.05, 4.69) is 36.5 Å². The maximum Gasteiger partial charge on any atom is 0.117 e. The van der Waals surface area contributed by atoms with Crippen molar-refractivity contribution in [3.8, 4) is 0 Å². The van der Waals surface area contributed by atoms with E-state index in [0.717, 1.165) is 5.69 Å². The molecule has 88 valence electrons. The predicted octanol–water partition coefficient (Wildman–Crippen LogP) is 2.54.